The van der Waals surface area contributed by atoms with Gasteiger partial charge in [-0.2, -0.15) is 0 Å². The Morgan fingerprint density at radius 2 is 2.28 bits per heavy atom. The van der Waals surface area contributed by atoms with Crippen LogP contribution in [0.3, 0.4) is 0 Å². The number of hydrogen-bond acceptors (Lipinski definition) is 5. The van der Waals surface area contributed by atoms with Gasteiger partial charge in [-0.3, -0.25) is 9.59 Å². The topological polar surface area (TPSA) is 68.3 Å². The van der Waals surface area contributed by atoms with E-state index in [1.165, 1.54) is 18.4 Å². The average molecular weight is 268 g/mol. The summed E-state index contributed by atoms with van der Waals surface area (Å²) < 4.78 is 4.56. The van der Waals surface area contributed by atoms with Crippen LogP contribution in [0.2, 0.25) is 0 Å². The minimum absolute atomic E-state index is 0.0129. The van der Waals surface area contributed by atoms with E-state index in [0.29, 0.717) is 10.8 Å². The van der Waals surface area contributed by atoms with Gasteiger partial charge in [0, 0.05) is 11.3 Å². The summed E-state index contributed by atoms with van der Waals surface area (Å²) in [5.41, 5.74) is 0.730. The van der Waals surface area contributed by atoms with Crippen LogP contribution in [-0.4, -0.2) is 24.0 Å². The quantitative estimate of drug-likeness (QED) is 0.846. The summed E-state index contributed by atoms with van der Waals surface area (Å²) in [7, 11) is 1.34. The monoisotopic (exact) mass is 268 g/mol. The fraction of sp³-hybridized carbons (Fsp3) is 0.583. The highest BCUT2D eigenvalue weighted by atomic mass is 32.1. The molecular formula is C12H16N2O3S. The van der Waals surface area contributed by atoms with Crippen LogP contribution in [0.15, 0.2) is 5.38 Å². The van der Waals surface area contributed by atoms with Gasteiger partial charge in [0.15, 0.2) is 5.13 Å². The second-order valence-corrected chi connectivity index (χ2v) is 5.99. The standard InChI is InChI=1S/C12H16N2O3S/c1-12(2)5-8(12)10(16)14-11-13-7(6-18-11)4-9(15)17-3/h6,8H,4-5H2,1-3H3,(H,13,14,16). The molecule has 1 unspecified atom stereocenters. The molecule has 0 aromatic carbocycles. The molecule has 18 heavy (non-hydrogen) atoms. The van der Waals surface area contributed by atoms with Crippen LogP contribution in [0, 0.1) is 11.3 Å². The Hall–Kier alpha value is -1.43. The maximum Gasteiger partial charge on any atom is 0.311 e. The van der Waals surface area contributed by atoms with Crippen molar-refractivity contribution in [3.05, 3.63) is 11.1 Å². The minimum Gasteiger partial charge on any atom is -0.469 e. The molecule has 1 aromatic rings. The lowest BCUT2D eigenvalue weighted by atomic mass is 10.1. The van der Waals surface area contributed by atoms with Crippen LogP contribution in [-0.2, 0) is 20.7 Å². The number of hydrogen-bond donors (Lipinski definition) is 1. The first-order valence-electron chi connectivity index (χ1n) is 5.74. The Kier molecular flexibility index (Phi) is 3.38. The summed E-state index contributed by atoms with van der Waals surface area (Å²) in [4.78, 5) is 27.1. The molecule has 6 heteroatoms. The second-order valence-electron chi connectivity index (χ2n) is 5.13. The highest BCUT2D eigenvalue weighted by Gasteiger charge is 2.50. The number of anilines is 1. The fourth-order valence-electron chi connectivity index (χ4n) is 1.77. The van der Waals surface area contributed by atoms with E-state index in [2.05, 4.69) is 28.9 Å². The number of aromatic nitrogens is 1. The predicted molar refractivity (Wildman–Crippen MR) is 68.4 cm³/mol. The van der Waals surface area contributed by atoms with Crippen LogP contribution in [0.25, 0.3) is 0 Å². The summed E-state index contributed by atoms with van der Waals surface area (Å²) in [6.45, 7) is 4.14. The first-order valence-corrected chi connectivity index (χ1v) is 6.62. The van der Waals surface area contributed by atoms with Crippen molar-refractivity contribution in [3.63, 3.8) is 0 Å². The summed E-state index contributed by atoms with van der Waals surface area (Å²) in [6.07, 6.45) is 1.05. The number of carbonyl (C=O) groups excluding carboxylic acids is 2. The molecule has 1 aliphatic carbocycles. The van der Waals surface area contributed by atoms with E-state index in [9.17, 15) is 9.59 Å². The van der Waals surface area contributed by atoms with Crippen molar-refractivity contribution in [2.45, 2.75) is 26.7 Å². The highest BCUT2D eigenvalue weighted by molar-refractivity contribution is 7.13. The van der Waals surface area contributed by atoms with Crippen LogP contribution in [0.1, 0.15) is 26.0 Å². The zero-order valence-corrected chi connectivity index (χ0v) is 11.5. The van der Waals surface area contributed by atoms with E-state index in [0.717, 1.165) is 6.42 Å². The van der Waals surface area contributed by atoms with E-state index in [4.69, 9.17) is 0 Å². The minimum atomic E-state index is -0.332. The van der Waals surface area contributed by atoms with E-state index >= 15 is 0 Å². The molecule has 1 atom stereocenters. The number of ether oxygens (including phenoxy) is 1. The number of amides is 1. The van der Waals surface area contributed by atoms with Crippen molar-refractivity contribution >= 4 is 28.3 Å². The zero-order chi connectivity index (χ0) is 13.3. The van der Waals surface area contributed by atoms with E-state index < -0.39 is 0 Å². The van der Waals surface area contributed by atoms with Crippen LogP contribution in [0.4, 0.5) is 5.13 Å². The maximum absolute atomic E-state index is 11.8. The lowest BCUT2D eigenvalue weighted by Gasteiger charge is -2.02. The molecule has 0 bridgehead atoms. The van der Waals surface area contributed by atoms with Crippen LogP contribution >= 0.6 is 11.3 Å². The number of methoxy groups -OCH3 is 1. The molecule has 0 aliphatic heterocycles. The summed E-state index contributed by atoms with van der Waals surface area (Å²) in [6, 6.07) is 0. The van der Waals surface area contributed by atoms with Gasteiger partial charge in [-0.05, 0) is 11.8 Å². The third-order valence-electron chi connectivity index (χ3n) is 3.16. The summed E-state index contributed by atoms with van der Waals surface area (Å²) in [5, 5.41) is 5.09. The number of nitrogens with zero attached hydrogens (tertiary/aromatic N) is 1. The Morgan fingerprint density at radius 3 is 2.83 bits per heavy atom. The molecule has 0 saturated heterocycles. The molecule has 5 nitrogen and oxygen atoms in total. The van der Waals surface area contributed by atoms with Gasteiger partial charge in [-0.25, -0.2) is 4.98 Å². The summed E-state index contributed by atoms with van der Waals surface area (Å²) >= 11 is 1.32. The number of nitrogens with one attached hydrogen (secondary N) is 1. The molecule has 1 saturated carbocycles. The largest absolute Gasteiger partial charge is 0.469 e. The van der Waals surface area contributed by atoms with Crippen LogP contribution in [0.5, 0.6) is 0 Å². The molecule has 1 heterocycles. The molecule has 1 aliphatic rings. The average Bonchev–Trinajstić information content (AvgIpc) is 2.73. The first kappa shape index (κ1) is 13.0. The predicted octanol–water partition coefficient (Wildman–Crippen LogP) is 1.84. The van der Waals surface area contributed by atoms with Gasteiger partial charge in [-0.15, -0.1) is 11.3 Å². The van der Waals surface area contributed by atoms with Gasteiger partial charge < -0.3 is 10.1 Å². The van der Waals surface area contributed by atoms with Gasteiger partial charge in [0.1, 0.15) is 0 Å². The molecular weight excluding hydrogens is 252 g/mol. The van der Waals surface area contributed by atoms with E-state index in [1.807, 2.05) is 0 Å². The molecule has 98 valence electrons. The lowest BCUT2D eigenvalue weighted by molar-refractivity contribution is -0.139. The van der Waals surface area contributed by atoms with Crippen molar-refractivity contribution in [2.75, 3.05) is 12.4 Å². The Balaban J connectivity index is 1.91. The van der Waals surface area contributed by atoms with Gasteiger partial charge in [-0.1, -0.05) is 13.8 Å². The normalized spacial score (nSPS) is 20.3. The van der Waals surface area contributed by atoms with Gasteiger partial charge in [0.25, 0.3) is 0 Å². The molecule has 1 aromatic heterocycles. The third kappa shape index (κ3) is 2.87. The van der Waals surface area contributed by atoms with Gasteiger partial charge >= 0.3 is 5.97 Å². The van der Waals surface area contributed by atoms with E-state index in [-0.39, 0.29) is 29.6 Å². The Morgan fingerprint density at radius 1 is 1.61 bits per heavy atom. The zero-order valence-electron chi connectivity index (χ0n) is 10.6. The molecule has 1 amide bonds. The number of carbonyl (C=O) groups is 2. The third-order valence-corrected chi connectivity index (χ3v) is 3.97. The Labute approximate surface area is 110 Å². The smallest absolute Gasteiger partial charge is 0.311 e. The van der Waals surface area contributed by atoms with Crippen molar-refractivity contribution in [2.24, 2.45) is 11.3 Å². The molecule has 1 N–H and O–H groups in total. The number of rotatable bonds is 4. The van der Waals surface area contributed by atoms with Gasteiger partial charge in [0.05, 0.1) is 19.2 Å². The Bertz CT molecular complexity index is 481. The van der Waals surface area contributed by atoms with Crippen LogP contribution < -0.4 is 5.32 Å². The van der Waals surface area contributed by atoms with Gasteiger partial charge in [0.2, 0.25) is 5.91 Å². The fourth-order valence-corrected chi connectivity index (χ4v) is 2.49. The SMILES string of the molecule is COC(=O)Cc1csc(NC(=O)C2CC2(C)C)n1. The van der Waals surface area contributed by atoms with Crippen molar-refractivity contribution < 1.29 is 14.3 Å². The molecule has 0 spiro atoms. The number of esters is 1. The first-order chi connectivity index (χ1) is 8.42. The highest BCUT2D eigenvalue weighted by Crippen LogP contribution is 2.52. The van der Waals surface area contributed by atoms with Crippen molar-refractivity contribution in [3.8, 4) is 0 Å². The molecule has 0 radical (unpaired) electrons. The molecule has 1 fully saturated rings. The maximum atomic E-state index is 11.8. The second kappa shape index (κ2) is 4.68. The molecule has 2 rings (SSSR count). The number of thiazole rings is 1. The van der Waals surface area contributed by atoms with Crippen molar-refractivity contribution in [1.29, 1.82) is 0 Å². The lowest BCUT2D eigenvalue weighted by Crippen LogP contribution is -2.16. The van der Waals surface area contributed by atoms with E-state index in [1.54, 1.807) is 5.38 Å². The van der Waals surface area contributed by atoms with Crippen molar-refractivity contribution in [1.82, 2.24) is 4.98 Å². The summed E-state index contributed by atoms with van der Waals surface area (Å²) in [5.74, 6) is -0.245.